The fourth-order valence-corrected chi connectivity index (χ4v) is 9.98. The number of hydrogen-bond acceptors (Lipinski definition) is 12. The van der Waals surface area contributed by atoms with Crippen molar-refractivity contribution in [2.75, 3.05) is 19.6 Å². The first-order chi connectivity index (χ1) is 38.3. The summed E-state index contributed by atoms with van der Waals surface area (Å²) in [6, 6.07) is 8.43. The molecule has 436 valence electrons. The van der Waals surface area contributed by atoms with Gasteiger partial charge >= 0.3 is 5.97 Å². The van der Waals surface area contributed by atoms with Crippen molar-refractivity contribution in [2.45, 2.75) is 158 Å². The summed E-state index contributed by atoms with van der Waals surface area (Å²) >= 11 is 0. The monoisotopic (exact) mass is 1110 g/mol. The van der Waals surface area contributed by atoms with Gasteiger partial charge in [-0.25, -0.2) is 9.78 Å². The highest BCUT2D eigenvalue weighted by atomic mass is 16.4. The Labute approximate surface area is 466 Å². The van der Waals surface area contributed by atoms with E-state index in [-0.39, 0.29) is 88.8 Å². The lowest BCUT2D eigenvalue weighted by molar-refractivity contribution is -0.143. The number of hydrogen-bond donors (Lipinski definition) is 13. The van der Waals surface area contributed by atoms with Crippen LogP contribution in [0.3, 0.4) is 0 Å². The molecule has 25 heteroatoms. The van der Waals surface area contributed by atoms with Crippen LogP contribution in [0.25, 0.3) is 0 Å². The standard InChI is InChI=1S/C55H82N16O9/c1-33(2)45(70-48(74)40(22-13-25-63-55(59)60)65-46(72)38(56)27-34-15-6-3-7-16-34)52(78)71-26-14-23-44(71)51(77)68-41(28-35-17-8-4-9-18-35)49(75)67-42(30-37-31-61-32-64-37)50(76)66-39(21-12-24-62-54(57)58)47(73)69-43(53(79)80)29-36-19-10-5-11-20-36/h3,5-7,10-11,15-16,19-20,31-33,35,38-45H,4,8-9,12-14,17-18,21-30,56H2,1-2H3,(H,61,64)(H,65,72)(H,66,76)(H,67,75)(H,68,77)(H,69,73)(H,70,74)(H,79,80)(H4,57,58,62)(H4,59,60,63)/t38-,39-,40-,41-,42-,43+,44-,45-/m0/s1. The molecule has 2 fully saturated rings. The average molecular weight is 1110 g/mol. The predicted molar refractivity (Wildman–Crippen MR) is 300 cm³/mol. The molecule has 3 aromatic rings. The minimum Gasteiger partial charge on any atom is -0.480 e. The molecule has 1 aliphatic carbocycles. The second kappa shape index (κ2) is 32.1. The first kappa shape index (κ1) is 62.7. The Kier molecular flexibility index (Phi) is 25.2. The number of guanidine groups is 2. The molecule has 18 N–H and O–H groups in total. The molecule has 2 aliphatic rings. The van der Waals surface area contributed by atoms with E-state index in [1.54, 1.807) is 44.2 Å². The topological polar surface area (TPSA) is 416 Å². The number of nitrogens with zero attached hydrogens (tertiary/aromatic N) is 4. The van der Waals surface area contributed by atoms with E-state index in [0.29, 0.717) is 24.1 Å². The van der Waals surface area contributed by atoms with Crippen molar-refractivity contribution in [1.29, 1.82) is 0 Å². The van der Waals surface area contributed by atoms with Crippen molar-refractivity contribution < 1.29 is 43.5 Å². The van der Waals surface area contributed by atoms with E-state index in [1.165, 1.54) is 17.4 Å². The zero-order valence-electron chi connectivity index (χ0n) is 45.8. The molecule has 25 nitrogen and oxygen atoms in total. The number of benzene rings is 2. The third-order valence-corrected chi connectivity index (χ3v) is 14.3. The number of carboxylic acid groups (broad SMARTS) is 1. The summed E-state index contributed by atoms with van der Waals surface area (Å²) in [7, 11) is 0. The van der Waals surface area contributed by atoms with Crippen LogP contribution in [0.5, 0.6) is 0 Å². The van der Waals surface area contributed by atoms with Crippen LogP contribution in [-0.4, -0.2) is 147 Å². The van der Waals surface area contributed by atoms with Gasteiger partial charge in [0.25, 0.3) is 0 Å². The number of H-pyrrole nitrogens is 1. The maximum absolute atomic E-state index is 14.7. The van der Waals surface area contributed by atoms with E-state index < -0.39 is 102 Å². The number of imidazole rings is 1. The highest BCUT2D eigenvalue weighted by Crippen LogP contribution is 2.28. The van der Waals surface area contributed by atoms with Crippen molar-refractivity contribution >= 4 is 59.2 Å². The average Bonchev–Trinajstić information content (AvgIpc) is 4.15. The molecular formula is C55H82N16O9. The van der Waals surface area contributed by atoms with E-state index in [0.717, 1.165) is 37.7 Å². The largest absolute Gasteiger partial charge is 0.480 e. The molecule has 0 radical (unpaired) electrons. The van der Waals surface area contributed by atoms with E-state index in [4.69, 9.17) is 28.7 Å². The Balaban J connectivity index is 1.34. The summed E-state index contributed by atoms with van der Waals surface area (Å²) in [5.41, 5.74) is 30.3. The van der Waals surface area contributed by atoms with Crippen molar-refractivity contribution in [2.24, 2.45) is 50.5 Å². The number of rotatable bonds is 31. The SMILES string of the molecule is CC(C)[C@H](NC(=O)[C@H](CCCN=C(N)N)NC(=O)[C@@H](N)Cc1ccccc1)C(=O)N1CCC[C@H]1C(=O)N[C@@H](CC1CCCCC1)C(=O)N[C@@H](Cc1cnc[nH]1)C(=O)N[C@@H](CCCN=C(N)N)C(=O)N[C@H](Cc1ccccc1)C(=O)O. The fraction of sp³-hybridized carbons (Fsp3) is 0.545. The van der Waals surface area contributed by atoms with Crippen LogP contribution in [0, 0.1) is 11.8 Å². The Hall–Kier alpha value is -8.09. The first-order valence-corrected chi connectivity index (χ1v) is 27.6. The normalized spacial score (nSPS) is 17.0. The molecule has 1 saturated carbocycles. The summed E-state index contributed by atoms with van der Waals surface area (Å²) in [6.07, 6.45) is 8.90. The summed E-state index contributed by atoms with van der Waals surface area (Å²) in [6.45, 7) is 3.93. The van der Waals surface area contributed by atoms with E-state index in [9.17, 15) is 43.5 Å². The van der Waals surface area contributed by atoms with Crippen molar-refractivity contribution in [3.05, 3.63) is 90.0 Å². The molecule has 7 amide bonds. The van der Waals surface area contributed by atoms with E-state index in [2.05, 4.69) is 51.9 Å². The highest BCUT2D eigenvalue weighted by molar-refractivity contribution is 5.98. The number of likely N-dealkylation sites (tertiary alicyclic amines) is 1. The maximum Gasteiger partial charge on any atom is 0.326 e. The Bertz CT molecular complexity index is 2550. The number of aliphatic carboxylic acids is 1. The molecule has 0 unspecified atom stereocenters. The smallest absolute Gasteiger partial charge is 0.326 e. The number of carboxylic acids is 1. The molecule has 2 heterocycles. The number of aromatic nitrogens is 2. The third-order valence-electron chi connectivity index (χ3n) is 14.3. The van der Waals surface area contributed by atoms with Crippen molar-refractivity contribution in [3.63, 3.8) is 0 Å². The summed E-state index contributed by atoms with van der Waals surface area (Å²) in [4.78, 5) is 129. The van der Waals surface area contributed by atoms with Gasteiger partial charge in [-0.05, 0) is 74.3 Å². The molecular weight excluding hydrogens is 1030 g/mol. The number of carbonyl (C=O) groups excluding carboxylic acids is 7. The van der Waals surface area contributed by atoms with Gasteiger partial charge in [0.15, 0.2) is 11.9 Å². The lowest BCUT2D eigenvalue weighted by Crippen LogP contribution is -2.61. The summed E-state index contributed by atoms with van der Waals surface area (Å²) < 4.78 is 0. The summed E-state index contributed by atoms with van der Waals surface area (Å²) in [5.74, 6) is -6.67. The zero-order chi connectivity index (χ0) is 58.1. The molecule has 8 atom stereocenters. The van der Waals surface area contributed by atoms with Gasteiger partial charge in [0, 0.05) is 44.4 Å². The molecule has 2 aromatic carbocycles. The Morgan fingerprint density at radius 3 is 1.71 bits per heavy atom. The van der Waals surface area contributed by atoms with E-state index >= 15 is 0 Å². The number of aliphatic imine (C=N–C) groups is 2. The van der Waals surface area contributed by atoms with Gasteiger partial charge in [-0.15, -0.1) is 0 Å². The molecule has 80 heavy (non-hydrogen) atoms. The van der Waals surface area contributed by atoms with Crippen LogP contribution in [0.15, 0.2) is 83.2 Å². The minimum atomic E-state index is -1.35. The van der Waals surface area contributed by atoms with Crippen LogP contribution >= 0.6 is 0 Å². The van der Waals surface area contributed by atoms with Gasteiger partial charge in [0.05, 0.1) is 12.4 Å². The van der Waals surface area contributed by atoms with Gasteiger partial charge in [-0.1, -0.05) is 107 Å². The molecule has 5 rings (SSSR count). The number of carbonyl (C=O) groups is 8. The lowest BCUT2D eigenvalue weighted by Gasteiger charge is -2.33. The maximum atomic E-state index is 14.7. The van der Waals surface area contributed by atoms with Gasteiger partial charge in [-0.2, -0.15) is 0 Å². The molecule has 1 aliphatic heterocycles. The predicted octanol–water partition coefficient (Wildman–Crippen LogP) is -0.517. The van der Waals surface area contributed by atoms with Gasteiger partial charge in [-0.3, -0.25) is 43.5 Å². The summed E-state index contributed by atoms with van der Waals surface area (Å²) in [5, 5.41) is 26.8. The quantitative estimate of drug-likeness (QED) is 0.0219. The van der Waals surface area contributed by atoms with Crippen LogP contribution in [0.2, 0.25) is 0 Å². The molecule has 1 aromatic heterocycles. The third kappa shape index (κ3) is 20.6. The highest BCUT2D eigenvalue weighted by Gasteiger charge is 2.41. The van der Waals surface area contributed by atoms with E-state index in [1.807, 2.05) is 30.3 Å². The van der Waals surface area contributed by atoms with Crippen molar-refractivity contribution in [3.8, 4) is 0 Å². The number of nitrogens with one attached hydrogen (secondary N) is 7. The Morgan fingerprint density at radius 1 is 0.637 bits per heavy atom. The molecule has 0 spiro atoms. The number of nitrogens with two attached hydrogens (primary N) is 5. The zero-order valence-corrected chi connectivity index (χ0v) is 45.8. The second-order valence-electron chi connectivity index (χ2n) is 21.0. The van der Waals surface area contributed by atoms with Crippen molar-refractivity contribution in [1.82, 2.24) is 46.8 Å². The fourth-order valence-electron chi connectivity index (χ4n) is 9.98. The first-order valence-electron chi connectivity index (χ1n) is 27.6. The lowest BCUT2D eigenvalue weighted by atomic mass is 9.84. The second-order valence-corrected chi connectivity index (χ2v) is 21.0. The molecule has 0 bridgehead atoms. The molecule has 1 saturated heterocycles. The van der Waals surface area contributed by atoms with Gasteiger partial charge < -0.3 is 75.6 Å². The van der Waals surface area contributed by atoms with Crippen LogP contribution in [-0.2, 0) is 57.6 Å². The van der Waals surface area contributed by atoms with Crippen LogP contribution in [0.1, 0.15) is 108 Å². The Morgan fingerprint density at radius 2 is 1.16 bits per heavy atom. The minimum absolute atomic E-state index is 0.0171. The van der Waals surface area contributed by atoms with Gasteiger partial charge in [0.1, 0.15) is 42.3 Å². The van der Waals surface area contributed by atoms with Crippen LogP contribution in [0.4, 0.5) is 0 Å². The number of aromatic amines is 1. The van der Waals surface area contributed by atoms with Gasteiger partial charge in [0.2, 0.25) is 41.4 Å². The van der Waals surface area contributed by atoms with Crippen LogP contribution < -0.4 is 60.6 Å². The number of amides is 7.